The molecular weight excluding hydrogens is 995 g/mol. The Labute approximate surface area is 439 Å². The molecule has 0 aromatic heterocycles. The molecule has 0 spiro atoms. The first-order valence-electron chi connectivity index (χ1n) is 24.7. The number of hydrogen-bond donors (Lipinski definition) is 11. The molecule has 1 saturated heterocycles. The van der Waals surface area contributed by atoms with Crippen molar-refractivity contribution in [3.05, 3.63) is 95.6 Å². The standard InChI is InChI=1S/C52H69N7O17/c1-31(2)45(52(73)76-25-24-75-23-22-74-21-19-44(65)66)58-49(70)42(30-61)57-50(71)43-10-7-20-59(43)51(72)40(28-33-8-5-4-6-9-33)55-47(68)39(27-35-13-17-37(64)18-14-35)54-48(69)41(29-60)56-46(67)38(53-32(3)62)26-34-11-15-36(63)16-12-34/h4-6,8-9,11-18,31,38-43,45,60-61,63-64H,7,10,19-30H2,1-3H3,(H,53,62)(H,54,69)(H,55,68)(H,56,67)(H,57,71)(H,58,70)(H,65,66). The van der Waals surface area contributed by atoms with Gasteiger partial charge in [0.25, 0.3) is 0 Å². The second kappa shape index (κ2) is 31.3. The number of hydrogen-bond acceptors (Lipinski definition) is 16. The summed E-state index contributed by atoms with van der Waals surface area (Å²) in [4.78, 5) is 121. The molecule has 1 heterocycles. The van der Waals surface area contributed by atoms with Crippen molar-refractivity contribution in [2.24, 2.45) is 5.92 Å². The number of carboxylic acid groups (broad SMARTS) is 1. The predicted molar refractivity (Wildman–Crippen MR) is 270 cm³/mol. The van der Waals surface area contributed by atoms with Gasteiger partial charge in [0.15, 0.2) is 0 Å². The summed E-state index contributed by atoms with van der Waals surface area (Å²) in [6, 6.07) is 10.5. The van der Waals surface area contributed by atoms with Crippen LogP contribution in [0, 0.1) is 5.92 Å². The third-order valence-electron chi connectivity index (χ3n) is 12.0. The Bertz CT molecular complexity index is 2410. The fourth-order valence-electron chi connectivity index (χ4n) is 7.95. The number of likely N-dealkylation sites (tertiary alicyclic amines) is 1. The molecule has 0 radical (unpaired) electrons. The SMILES string of the molecule is CC(=O)NC(Cc1ccc(O)cc1)C(=O)NC(CO)C(=O)NC(Cc1ccc(O)cc1)C(=O)NC(Cc1ccccc1)C(=O)N1CCCC1C(=O)NC(CO)C(=O)NC(C(=O)OCCOCCOCCC(=O)O)C(C)C. The highest BCUT2D eigenvalue weighted by Gasteiger charge is 2.40. The number of nitrogens with one attached hydrogen (secondary N) is 6. The molecule has 7 unspecified atom stereocenters. The lowest BCUT2D eigenvalue weighted by molar-refractivity contribution is -0.151. The molecule has 1 aliphatic heterocycles. The Morgan fingerprint density at radius 3 is 1.58 bits per heavy atom. The minimum atomic E-state index is -1.65. The number of rotatable bonds is 31. The van der Waals surface area contributed by atoms with Crippen LogP contribution in [0.15, 0.2) is 78.9 Å². The fourth-order valence-corrected chi connectivity index (χ4v) is 7.95. The van der Waals surface area contributed by atoms with E-state index in [9.17, 15) is 63.6 Å². The molecule has 0 saturated carbocycles. The van der Waals surface area contributed by atoms with Gasteiger partial charge in [-0.2, -0.15) is 0 Å². The third kappa shape index (κ3) is 20.2. The summed E-state index contributed by atoms with van der Waals surface area (Å²) >= 11 is 0. The highest BCUT2D eigenvalue weighted by Crippen LogP contribution is 2.21. The summed E-state index contributed by atoms with van der Waals surface area (Å²) in [6.07, 6.45) is -0.0665. The maximum absolute atomic E-state index is 14.7. The van der Waals surface area contributed by atoms with Crippen molar-refractivity contribution in [3.63, 3.8) is 0 Å². The second-order valence-corrected chi connectivity index (χ2v) is 18.2. The number of carboxylic acids is 1. The normalized spacial score (nSPS) is 15.4. The number of aliphatic hydroxyl groups excluding tert-OH is 2. The van der Waals surface area contributed by atoms with Gasteiger partial charge in [-0.15, -0.1) is 0 Å². The zero-order valence-electron chi connectivity index (χ0n) is 42.6. The first-order valence-corrected chi connectivity index (χ1v) is 24.7. The quantitative estimate of drug-likeness (QED) is 0.0265. The number of carbonyl (C=O) groups excluding carboxylic acids is 8. The topological polar surface area (TPSA) is 358 Å². The number of aliphatic carboxylic acids is 1. The highest BCUT2D eigenvalue weighted by atomic mass is 16.6. The summed E-state index contributed by atoms with van der Waals surface area (Å²) < 4.78 is 15.7. The molecule has 1 fully saturated rings. The highest BCUT2D eigenvalue weighted by molar-refractivity contribution is 5.98. The number of esters is 1. The summed E-state index contributed by atoms with van der Waals surface area (Å²) in [7, 11) is 0. The molecule has 0 bridgehead atoms. The van der Waals surface area contributed by atoms with E-state index in [2.05, 4.69) is 31.9 Å². The zero-order valence-corrected chi connectivity index (χ0v) is 42.6. The van der Waals surface area contributed by atoms with Crippen molar-refractivity contribution in [2.45, 2.75) is 102 Å². The first-order chi connectivity index (χ1) is 36.3. The van der Waals surface area contributed by atoms with Gasteiger partial charge in [-0.05, 0) is 59.7 Å². The lowest BCUT2D eigenvalue weighted by Crippen LogP contribution is -2.61. The van der Waals surface area contributed by atoms with Crippen molar-refractivity contribution in [2.75, 3.05) is 52.8 Å². The maximum Gasteiger partial charge on any atom is 0.328 e. The van der Waals surface area contributed by atoms with Gasteiger partial charge in [0.05, 0.1) is 46.1 Å². The van der Waals surface area contributed by atoms with Crippen molar-refractivity contribution in [1.82, 2.24) is 36.8 Å². The second-order valence-electron chi connectivity index (χ2n) is 18.2. The Morgan fingerprint density at radius 1 is 0.579 bits per heavy atom. The number of aromatic hydroxyl groups is 2. The Hall–Kier alpha value is -7.67. The number of nitrogens with zero attached hydrogens (tertiary/aromatic N) is 1. The number of phenolic OH excluding ortho intramolecular Hbond substituents is 2. The van der Waals surface area contributed by atoms with Gasteiger partial charge in [-0.3, -0.25) is 38.4 Å². The van der Waals surface area contributed by atoms with Crippen LogP contribution in [-0.2, 0) is 76.6 Å². The molecule has 24 heteroatoms. The van der Waals surface area contributed by atoms with Crippen molar-refractivity contribution in [1.29, 1.82) is 0 Å². The number of aliphatic hydroxyl groups is 2. The van der Waals surface area contributed by atoms with Crippen molar-refractivity contribution in [3.8, 4) is 11.5 Å². The van der Waals surface area contributed by atoms with Gasteiger partial charge in [-0.25, -0.2) is 4.79 Å². The van der Waals surface area contributed by atoms with Crippen LogP contribution >= 0.6 is 0 Å². The Kier molecular flexibility index (Phi) is 25.0. The largest absolute Gasteiger partial charge is 0.508 e. The van der Waals surface area contributed by atoms with Crippen LogP contribution in [0.5, 0.6) is 11.5 Å². The van der Waals surface area contributed by atoms with Crippen LogP contribution in [0.3, 0.4) is 0 Å². The average molecular weight is 1060 g/mol. The first kappa shape index (κ1) is 60.9. The number of carbonyl (C=O) groups is 9. The lowest BCUT2D eigenvalue weighted by Gasteiger charge is -2.31. The zero-order chi connectivity index (χ0) is 55.7. The number of phenols is 2. The summed E-state index contributed by atoms with van der Waals surface area (Å²) in [5.41, 5.74) is 1.60. The molecule has 414 valence electrons. The molecule has 4 rings (SSSR count). The number of ether oxygens (including phenoxy) is 3. The van der Waals surface area contributed by atoms with Gasteiger partial charge in [0.1, 0.15) is 60.4 Å². The van der Waals surface area contributed by atoms with Crippen LogP contribution in [0.1, 0.15) is 56.7 Å². The molecule has 7 atom stereocenters. The van der Waals surface area contributed by atoms with Gasteiger partial charge < -0.3 is 76.5 Å². The third-order valence-corrected chi connectivity index (χ3v) is 12.0. The van der Waals surface area contributed by atoms with E-state index in [4.69, 9.17) is 19.3 Å². The van der Waals surface area contributed by atoms with E-state index < -0.39 is 115 Å². The number of benzene rings is 3. The monoisotopic (exact) mass is 1060 g/mol. The molecular formula is C52H69N7O17. The van der Waals surface area contributed by atoms with E-state index in [1.165, 1.54) is 60.4 Å². The van der Waals surface area contributed by atoms with Crippen LogP contribution in [-0.4, -0.2) is 179 Å². The maximum atomic E-state index is 14.7. The molecule has 11 N–H and O–H groups in total. The molecule has 3 aromatic rings. The van der Waals surface area contributed by atoms with Crippen molar-refractivity contribution < 1.29 is 82.9 Å². The molecule has 3 aromatic carbocycles. The minimum Gasteiger partial charge on any atom is -0.508 e. The van der Waals surface area contributed by atoms with E-state index in [1.807, 2.05) is 0 Å². The van der Waals surface area contributed by atoms with Crippen molar-refractivity contribution >= 4 is 53.3 Å². The van der Waals surface area contributed by atoms with E-state index in [1.54, 1.807) is 44.2 Å². The molecule has 1 aliphatic rings. The van der Waals surface area contributed by atoms with E-state index in [0.29, 0.717) is 23.1 Å². The molecule has 7 amide bonds. The number of amides is 7. The van der Waals surface area contributed by atoms with Gasteiger partial charge in [0, 0.05) is 32.7 Å². The van der Waals surface area contributed by atoms with Gasteiger partial charge >= 0.3 is 11.9 Å². The van der Waals surface area contributed by atoms with Gasteiger partial charge in [-0.1, -0.05) is 68.4 Å². The van der Waals surface area contributed by atoms with E-state index in [-0.39, 0.29) is 83.2 Å². The molecule has 0 aliphatic carbocycles. The van der Waals surface area contributed by atoms with Crippen LogP contribution < -0.4 is 31.9 Å². The van der Waals surface area contributed by atoms with Gasteiger partial charge in [0.2, 0.25) is 41.4 Å². The Morgan fingerprint density at radius 2 is 1.04 bits per heavy atom. The van der Waals surface area contributed by atoms with Crippen LogP contribution in [0.2, 0.25) is 0 Å². The summed E-state index contributed by atoms with van der Waals surface area (Å²) in [5.74, 6) is -8.18. The average Bonchev–Trinajstić information content (AvgIpc) is 3.89. The summed E-state index contributed by atoms with van der Waals surface area (Å²) in [5, 5.41) is 64.2. The minimum absolute atomic E-state index is 0.0119. The van der Waals surface area contributed by atoms with E-state index in [0.717, 1.165) is 0 Å². The van der Waals surface area contributed by atoms with Crippen LogP contribution in [0.4, 0.5) is 0 Å². The molecule has 24 nitrogen and oxygen atoms in total. The lowest BCUT2D eigenvalue weighted by atomic mass is 10.0. The predicted octanol–water partition coefficient (Wildman–Crippen LogP) is -1.26. The summed E-state index contributed by atoms with van der Waals surface area (Å²) in [6.45, 7) is 2.72. The fraction of sp³-hybridized carbons (Fsp3) is 0.481. The Balaban J connectivity index is 1.48. The smallest absolute Gasteiger partial charge is 0.328 e. The molecule has 76 heavy (non-hydrogen) atoms. The van der Waals surface area contributed by atoms with E-state index >= 15 is 0 Å². The van der Waals surface area contributed by atoms with Crippen LogP contribution in [0.25, 0.3) is 0 Å².